The zero-order valence-electron chi connectivity index (χ0n) is 15.9. The van der Waals surface area contributed by atoms with Crippen molar-refractivity contribution in [3.05, 3.63) is 0 Å². The van der Waals surface area contributed by atoms with E-state index in [1.54, 1.807) is 13.8 Å². The monoisotopic (exact) mass is 341 g/mol. The molecule has 2 amide bonds. The SMILES string of the molecule is CC1C(=O)N(CC(=O)OC(C)(C)C(C)(C)[Si](C)(C)C)C(=O)C1C. The fourth-order valence-electron chi connectivity index (χ4n) is 2.66. The van der Waals surface area contributed by atoms with Crippen LogP contribution in [0.1, 0.15) is 41.5 Å². The molecule has 1 aliphatic heterocycles. The molecule has 0 spiro atoms. The van der Waals surface area contributed by atoms with Crippen molar-refractivity contribution in [2.24, 2.45) is 11.8 Å². The Labute approximate surface area is 140 Å². The molecule has 1 aliphatic rings. The van der Waals surface area contributed by atoms with E-state index in [4.69, 9.17) is 4.74 Å². The van der Waals surface area contributed by atoms with Gasteiger partial charge in [-0.1, -0.05) is 47.3 Å². The van der Waals surface area contributed by atoms with Gasteiger partial charge < -0.3 is 4.74 Å². The Hall–Kier alpha value is -1.17. The van der Waals surface area contributed by atoms with Crippen LogP contribution in [0.5, 0.6) is 0 Å². The Balaban J connectivity index is 2.85. The van der Waals surface area contributed by atoms with Crippen molar-refractivity contribution in [3.63, 3.8) is 0 Å². The van der Waals surface area contributed by atoms with Gasteiger partial charge in [0.2, 0.25) is 11.8 Å². The van der Waals surface area contributed by atoms with Gasteiger partial charge in [-0.2, -0.15) is 0 Å². The molecular formula is C17H31NO4Si. The molecule has 2 atom stereocenters. The molecule has 0 aliphatic carbocycles. The molecule has 0 saturated carbocycles. The number of nitrogens with zero attached hydrogens (tertiary/aromatic N) is 1. The lowest BCUT2D eigenvalue weighted by Crippen LogP contribution is -2.52. The van der Waals surface area contributed by atoms with Crippen LogP contribution in [0.3, 0.4) is 0 Å². The molecule has 132 valence electrons. The number of esters is 1. The fourth-order valence-corrected chi connectivity index (χ4v) is 4.52. The highest BCUT2D eigenvalue weighted by Gasteiger charge is 2.50. The minimum atomic E-state index is -1.61. The van der Waals surface area contributed by atoms with Crippen molar-refractivity contribution >= 4 is 25.9 Å². The molecule has 0 bridgehead atoms. The molecule has 0 aromatic rings. The van der Waals surface area contributed by atoms with Gasteiger partial charge in [-0.25, -0.2) is 0 Å². The number of imide groups is 1. The summed E-state index contributed by atoms with van der Waals surface area (Å²) in [5.74, 6) is -1.85. The maximum absolute atomic E-state index is 12.3. The summed E-state index contributed by atoms with van der Waals surface area (Å²) in [6, 6.07) is 0. The third kappa shape index (κ3) is 3.52. The van der Waals surface area contributed by atoms with E-state index in [1.165, 1.54) is 0 Å². The third-order valence-corrected chi connectivity index (χ3v) is 10.4. The van der Waals surface area contributed by atoms with Crippen molar-refractivity contribution in [1.82, 2.24) is 4.90 Å². The summed E-state index contributed by atoms with van der Waals surface area (Å²) in [6.07, 6.45) is 0. The van der Waals surface area contributed by atoms with E-state index in [-0.39, 0.29) is 35.2 Å². The van der Waals surface area contributed by atoms with E-state index >= 15 is 0 Å². The maximum atomic E-state index is 12.3. The molecule has 23 heavy (non-hydrogen) atoms. The van der Waals surface area contributed by atoms with E-state index in [0.717, 1.165) is 4.90 Å². The van der Waals surface area contributed by atoms with Gasteiger partial charge in [0.05, 0.1) is 8.07 Å². The highest BCUT2D eigenvalue weighted by Crippen LogP contribution is 2.48. The molecule has 1 heterocycles. The van der Waals surface area contributed by atoms with Crippen LogP contribution in [0.4, 0.5) is 0 Å². The van der Waals surface area contributed by atoms with Crippen LogP contribution in [-0.2, 0) is 19.1 Å². The predicted molar refractivity (Wildman–Crippen MR) is 92.6 cm³/mol. The Morgan fingerprint density at radius 3 is 1.78 bits per heavy atom. The fraction of sp³-hybridized carbons (Fsp3) is 0.824. The van der Waals surface area contributed by atoms with Crippen molar-refractivity contribution in [2.45, 2.75) is 71.8 Å². The predicted octanol–water partition coefficient (Wildman–Crippen LogP) is 3.07. The lowest BCUT2D eigenvalue weighted by molar-refractivity contribution is -0.165. The van der Waals surface area contributed by atoms with Gasteiger partial charge in [0.25, 0.3) is 0 Å². The van der Waals surface area contributed by atoms with Gasteiger partial charge in [0, 0.05) is 11.8 Å². The summed E-state index contributed by atoms with van der Waals surface area (Å²) >= 11 is 0. The molecule has 0 aromatic heterocycles. The van der Waals surface area contributed by atoms with Crippen LogP contribution < -0.4 is 0 Å². The van der Waals surface area contributed by atoms with Crippen molar-refractivity contribution in [2.75, 3.05) is 6.54 Å². The van der Waals surface area contributed by atoms with E-state index in [2.05, 4.69) is 33.5 Å². The molecule has 0 N–H and O–H groups in total. The molecule has 0 aromatic carbocycles. The summed E-state index contributed by atoms with van der Waals surface area (Å²) in [4.78, 5) is 37.6. The Morgan fingerprint density at radius 1 is 1.04 bits per heavy atom. The van der Waals surface area contributed by atoms with E-state index in [0.29, 0.717) is 0 Å². The summed E-state index contributed by atoms with van der Waals surface area (Å²) in [6.45, 7) is 17.9. The van der Waals surface area contributed by atoms with Crippen molar-refractivity contribution < 1.29 is 19.1 Å². The third-order valence-electron chi connectivity index (χ3n) is 6.10. The average molecular weight is 342 g/mol. The summed E-state index contributed by atoms with van der Waals surface area (Å²) < 4.78 is 5.71. The van der Waals surface area contributed by atoms with Crippen molar-refractivity contribution in [3.8, 4) is 0 Å². The standard InChI is InChI=1S/C17H31NO4Si/c1-11-12(2)15(21)18(14(11)20)10-13(19)22-16(3,4)17(5,6)23(7,8)9/h11-12H,10H2,1-9H3. The topological polar surface area (TPSA) is 63.7 Å². The molecule has 1 rings (SSSR count). The van der Waals surface area contributed by atoms with Crippen LogP contribution >= 0.6 is 0 Å². The second-order valence-electron chi connectivity index (χ2n) is 8.70. The van der Waals surface area contributed by atoms with Gasteiger partial charge >= 0.3 is 5.97 Å². The Kier molecular flexibility index (Phi) is 5.22. The minimum absolute atomic E-state index is 0.157. The first kappa shape index (κ1) is 19.9. The number of hydrogen-bond acceptors (Lipinski definition) is 4. The second kappa shape index (κ2) is 6.04. The van der Waals surface area contributed by atoms with Gasteiger partial charge in [-0.05, 0) is 18.9 Å². The minimum Gasteiger partial charge on any atom is -0.458 e. The molecule has 0 radical (unpaired) electrons. The van der Waals surface area contributed by atoms with Crippen LogP contribution in [0, 0.1) is 11.8 Å². The number of amides is 2. The smallest absolute Gasteiger partial charge is 0.326 e. The quantitative estimate of drug-likeness (QED) is 0.438. The van der Waals surface area contributed by atoms with Gasteiger partial charge in [-0.15, -0.1) is 0 Å². The Bertz CT molecular complexity index is 499. The number of ether oxygens (including phenoxy) is 1. The zero-order valence-corrected chi connectivity index (χ0v) is 16.9. The molecule has 1 fully saturated rings. The Morgan fingerprint density at radius 2 is 1.43 bits per heavy atom. The second-order valence-corrected chi connectivity index (χ2v) is 14.4. The molecule has 1 saturated heterocycles. The lowest BCUT2D eigenvalue weighted by Gasteiger charge is -2.48. The molecule has 5 nitrogen and oxygen atoms in total. The van der Waals surface area contributed by atoms with Gasteiger partial charge in [-0.3, -0.25) is 19.3 Å². The number of carbonyl (C=O) groups is 3. The summed E-state index contributed by atoms with van der Waals surface area (Å²) in [5, 5.41) is -0.157. The first-order valence-corrected chi connectivity index (χ1v) is 11.7. The normalized spacial score (nSPS) is 23.4. The molecule has 6 heteroatoms. The lowest BCUT2D eigenvalue weighted by atomic mass is 9.93. The highest BCUT2D eigenvalue weighted by molar-refractivity contribution is 6.79. The highest BCUT2D eigenvalue weighted by atomic mass is 28.3. The van der Waals surface area contributed by atoms with Gasteiger partial charge in [0.15, 0.2) is 0 Å². The van der Waals surface area contributed by atoms with Crippen LogP contribution in [0.15, 0.2) is 0 Å². The van der Waals surface area contributed by atoms with Crippen LogP contribution in [0.2, 0.25) is 24.7 Å². The van der Waals surface area contributed by atoms with E-state index < -0.39 is 19.6 Å². The van der Waals surface area contributed by atoms with Crippen LogP contribution in [-0.4, -0.2) is 42.9 Å². The number of likely N-dealkylation sites (tertiary alicyclic amines) is 1. The van der Waals surface area contributed by atoms with Crippen LogP contribution in [0.25, 0.3) is 0 Å². The molecule has 2 unspecified atom stereocenters. The zero-order chi connectivity index (χ0) is 18.4. The average Bonchev–Trinajstić information content (AvgIpc) is 2.54. The number of rotatable bonds is 5. The molecular weight excluding hydrogens is 310 g/mol. The number of carbonyl (C=O) groups excluding carboxylic acids is 3. The number of hydrogen-bond donors (Lipinski definition) is 0. The largest absolute Gasteiger partial charge is 0.458 e. The van der Waals surface area contributed by atoms with Crippen molar-refractivity contribution in [1.29, 1.82) is 0 Å². The maximum Gasteiger partial charge on any atom is 0.326 e. The summed E-state index contributed by atoms with van der Waals surface area (Å²) in [7, 11) is -1.61. The first-order valence-electron chi connectivity index (χ1n) is 8.20. The van der Waals surface area contributed by atoms with Gasteiger partial charge in [0.1, 0.15) is 12.1 Å². The summed E-state index contributed by atoms with van der Waals surface area (Å²) in [5.41, 5.74) is -0.669. The van der Waals surface area contributed by atoms with E-state index in [1.807, 2.05) is 13.8 Å². The van der Waals surface area contributed by atoms with E-state index in [9.17, 15) is 14.4 Å². The first-order chi connectivity index (χ1) is 10.1.